The molecule has 5 heteroatoms. The van der Waals surface area contributed by atoms with Crippen molar-refractivity contribution in [1.82, 2.24) is 5.32 Å². The maximum Gasteiger partial charge on any atom is 0.313 e. The summed E-state index contributed by atoms with van der Waals surface area (Å²) in [6, 6.07) is 14.7. The lowest BCUT2D eigenvalue weighted by atomic mass is 10.0. The van der Waals surface area contributed by atoms with E-state index in [1.54, 1.807) is 24.3 Å². The van der Waals surface area contributed by atoms with Crippen LogP contribution in [0, 0.1) is 0 Å². The number of carbonyl (C=O) groups is 2. The van der Waals surface area contributed by atoms with Gasteiger partial charge in [0.15, 0.2) is 0 Å². The van der Waals surface area contributed by atoms with E-state index < -0.39 is 11.8 Å². The van der Waals surface area contributed by atoms with Gasteiger partial charge in [-0.1, -0.05) is 61.8 Å². The molecule has 4 nitrogen and oxygen atoms in total. The summed E-state index contributed by atoms with van der Waals surface area (Å²) in [4.78, 5) is 23.7. The molecule has 0 aromatic heterocycles. The van der Waals surface area contributed by atoms with Crippen molar-refractivity contribution in [2.24, 2.45) is 0 Å². The first-order valence-corrected chi connectivity index (χ1v) is 7.77. The summed E-state index contributed by atoms with van der Waals surface area (Å²) in [5.74, 6) is -0.977. The summed E-state index contributed by atoms with van der Waals surface area (Å²) >= 11 is 5.94. The van der Waals surface area contributed by atoms with Gasteiger partial charge < -0.3 is 10.6 Å². The van der Waals surface area contributed by atoms with E-state index >= 15 is 0 Å². The predicted molar refractivity (Wildman–Crippen MR) is 92.5 cm³/mol. The van der Waals surface area contributed by atoms with Crippen LogP contribution in [0.1, 0.15) is 30.9 Å². The average molecular weight is 331 g/mol. The molecule has 2 aromatic carbocycles. The van der Waals surface area contributed by atoms with Gasteiger partial charge in [0.1, 0.15) is 0 Å². The molecule has 0 radical (unpaired) electrons. The van der Waals surface area contributed by atoms with Crippen molar-refractivity contribution in [2.45, 2.75) is 26.3 Å². The van der Waals surface area contributed by atoms with Crippen LogP contribution in [0.4, 0.5) is 5.69 Å². The molecule has 0 bridgehead atoms. The maximum atomic E-state index is 11.8. The van der Waals surface area contributed by atoms with Crippen LogP contribution in [0.5, 0.6) is 0 Å². The van der Waals surface area contributed by atoms with E-state index in [-0.39, 0.29) is 0 Å². The summed E-state index contributed by atoms with van der Waals surface area (Å²) < 4.78 is 0. The van der Waals surface area contributed by atoms with Gasteiger partial charge in [-0.25, -0.2) is 0 Å². The Kier molecular flexibility index (Phi) is 5.77. The second-order valence-corrected chi connectivity index (χ2v) is 5.92. The molecule has 0 saturated carbocycles. The lowest BCUT2D eigenvalue weighted by Gasteiger charge is -2.09. The highest BCUT2D eigenvalue weighted by molar-refractivity contribution is 6.41. The van der Waals surface area contributed by atoms with Crippen LogP contribution in [-0.4, -0.2) is 11.8 Å². The Morgan fingerprint density at radius 1 is 1.00 bits per heavy atom. The quantitative estimate of drug-likeness (QED) is 0.839. The van der Waals surface area contributed by atoms with Crippen LogP contribution < -0.4 is 10.6 Å². The Balaban J connectivity index is 1.89. The zero-order chi connectivity index (χ0) is 16.8. The van der Waals surface area contributed by atoms with Crippen molar-refractivity contribution in [1.29, 1.82) is 0 Å². The number of nitrogens with one attached hydrogen (secondary N) is 2. The standard InChI is InChI=1S/C18H19ClN2O2/c1-12(2)14-9-7-13(8-10-14)11-20-17(22)18(23)21-16-6-4-3-5-15(16)19/h3-10,12H,11H2,1-2H3,(H,20,22)(H,21,23). The molecular weight excluding hydrogens is 312 g/mol. The first-order chi connectivity index (χ1) is 11.0. The fourth-order valence-electron chi connectivity index (χ4n) is 2.02. The fourth-order valence-corrected chi connectivity index (χ4v) is 2.21. The van der Waals surface area contributed by atoms with E-state index in [1.807, 2.05) is 24.3 Å². The molecule has 0 atom stereocenters. The molecule has 0 aliphatic heterocycles. The van der Waals surface area contributed by atoms with E-state index in [0.29, 0.717) is 23.2 Å². The number of hydrogen-bond donors (Lipinski definition) is 2. The van der Waals surface area contributed by atoms with Crippen LogP contribution in [0.15, 0.2) is 48.5 Å². The number of anilines is 1. The smallest absolute Gasteiger partial charge is 0.313 e. The Morgan fingerprint density at radius 3 is 2.26 bits per heavy atom. The Hall–Kier alpha value is -2.33. The van der Waals surface area contributed by atoms with Crippen molar-refractivity contribution in [3.63, 3.8) is 0 Å². The maximum absolute atomic E-state index is 11.8. The number of halogens is 1. The summed E-state index contributed by atoms with van der Waals surface area (Å²) in [6.45, 7) is 4.54. The second kappa shape index (κ2) is 7.79. The molecule has 2 amide bonds. The molecule has 0 spiro atoms. The summed E-state index contributed by atoms with van der Waals surface area (Å²) in [5, 5.41) is 5.47. The van der Waals surface area contributed by atoms with Gasteiger partial charge in [-0.15, -0.1) is 0 Å². The third kappa shape index (κ3) is 4.83. The minimum Gasteiger partial charge on any atom is -0.344 e. The molecule has 0 aliphatic rings. The SMILES string of the molecule is CC(C)c1ccc(CNC(=O)C(=O)Nc2ccccc2Cl)cc1. The zero-order valence-corrected chi connectivity index (χ0v) is 13.9. The number of hydrogen-bond acceptors (Lipinski definition) is 2. The Morgan fingerprint density at radius 2 is 1.65 bits per heavy atom. The van der Waals surface area contributed by atoms with Crippen molar-refractivity contribution < 1.29 is 9.59 Å². The van der Waals surface area contributed by atoms with E-state index in [2.05, 4.69) is 24.5 Å². The largest absolute Gasteiger partial charge is 0.344 e. The Bertz CT molecular complexity index is 696. The molecule has 23 heavy (non-hydrogen) atoms. The van der Waals surface area contributed by atoms with Gasteiger partial charge in [0.05, 0.1) is 10.7 Å². The van der Waals surface area contributed by atoms with Gasteiger partial charge >= 0.3 is 11.8 Å². The fraction of sp³-hybridized carbons (Fsp3) is 0.222. The van der Waals surface area contributed by atoms with Gasteiger partial charge in [-0.05, 0) is 29.2 Å². The van der Waals surface area contributed by atoms with E-state index in [1.165, 1.54) is 5.56 Å². The van der Waals surface area contributed by atoms with Crippen molar-refractivity contribution >= 4 is 29.1 Å². The second-order valence-electron chi connectivity index (χ2n) is 5.51. The molecule has 2 N–H and O–H groups in total. The number of amides is 2. The monoisotopic (exact) mass is 330 g/mol. The zero-order valence-electron chi connectivity index (χ0n) is 13.1. The highest BCUT2D eigenvalue weighted by atomic mass is 35.5. The van der Waals surface area contributed by atoms with Crippen molar-refractivity contribution in [3.05, 3.63) is 64.7 Å². The predicted octanol–water partition coefficient (Wildman–Crippen LogP) is 3.72. The molecule has 0 unspecified atom stereocenters. The van der Waals surface area contributed by atoms with Gasteiger partial charge in [0.25, 0.3) is 0 Å². The first-order valence-electron chi connectivity index (χ1n) is 7.40. The van der Waals surface area contributed by atoms with Gasteiger partial charge in [-0.3, -0.25) is 9.59 Å². The third-order valence-electron chi connectivity index (χ3n) is 3.43. The minimum atomic E-state index is -0.739. The van der Waals surface area contributed by atoms with Crippen LogP contribution in [0.2, 0.25) is 5.02 Å². The topological polar surface area (TPSA) is 58.2 Å². The molecule has 2 aromatic rings. The molecule has 120 valence electrons. The molecule has 0 saturated heterocycles. The molecule has 2 rings (SSSR count). The number of benzene rings is 2. The highest BCUT2D eigenvalue weighted by Crippen LogP contribution is 2.20. The van der Waals surface area contributed by atoms with E-state index in [0.717, 1.165) is 5.56 Å². The number of rotatable bonds is 4. The van der Waals surface area contributed by atoms with E-state index in [4.69, 9.17) is 11.6 Å². The molecular formula is C18H19ClN2O2. The number of carbonyl (C=O) groups excluding carboxylic acids is 2. The average Bonchev–Trinajstić information content (AvgIpc) is 2.55. The Labute approximate surface area is 140 Å². The van der Waals surface area contributed by atoms with Crippen LogP contribution in [0.3, 0.4) is 0 Å². The summed E-state index contributed by atoms with van der Waals surface area (Å²) in [7, 11) is 0. The highest BCUT2D eigenvalue weighted by Gasteiger charge is 2.14. The normalized spacial score (nSPS) is 10.4. The summed E-state index contributed by atoms with van der Waals surface area (Å²) in [5.41, 5.74) is 2.58. The lowest BCUT2D eigenvalue weighted by Crippen LogP contribution is -2.35. The van der Waals surface area contributed by atoms with Crippen molar-refractivity contribution in [3.8, 4) is 0 Å². The number of para-hydroxylation sites is 1. The van der Waals surface area contributed by atoms with Crippen LogP contribution in [-0.2, 0) is 16.1 Å². The molecule has 0 fully saturated rings. The third-order valence-corrected chi connectivity index (χ3v) is 3.76. The van der Waals surface area contributed by atoms with Gasteiger partial charge in [-0.2, -0.15) is 0 Å². The molecule has 0 aliphatic carbocycles. The van der Waals surface area contributed by atoms with Crippen LogP contribution in [0.25, 0.3) is 0 Å². The van der Waals surface area contributed by atoms with Crippen LogP contribution >= 0.6 is 11.6 Å². The van der Waals surface area contributed by atoms with Gasteiger partial charge in [0.2, 0.25) is 0 Å². The lowest BCUT2D eigenvalue weighted by molar-refractivity contribution is -0.136. The molecule has 0 heterocycles. The first kappa shape index (κ1) is 17.0. The van der Waals surface area contributed by atoms with E-state index in [9.17, 15) is 9.59 Å². The van der Waals surface area contributed by atoms with Crippen molar-refractivity contribution in [2.75, 3.05) is 5.32 Å². The van der Waals surface area contributed by atoms with Gasteiger partial charge in [0, 0.05) is 6.54 Å². The minimum absolute atomic E-state index is 0.299. The summed E-state index contributed by atoms with van der Waals surface area (Å²) in [6.07, 6.45) is 0.